The van der Waals surface area contributed by atoms with E-state index in [9.17, 15) is 0 Å². The molecule has 0 heterocycles. The Morgan fingerprint density at radius 2 is 1.88 bits per heavy atom. The molecule has 2 aliphatic rings. The van der Waals surface area contributed by atoms with Crippen molar-refractivity contribution in [3.63, 3.8) is 0 Å². The van der Waals surface area contributed by atoms with Gasteiger partial charge in [-0.3, -0.25) is 0 Å². The summed E-state index contributed by atoms with van der Waals surface area (Å²) in [6.07, 6.45) is 9.57. The van der Waals surface area contributed by atoms with Crippen molar-refractivity contribution in [3.8, 4) is 0 Å². The number of benzene rings is 1. The highest BCUT2D eigenvalue weighted by molar-refractivity contribution is 5.42. The lowest BCUT2D eigenvalue weighted by atomic mass is 9.85. The molecule has 0 radical (unpaired) electrons. The average Bonchev–Trinajstić information content (AvgIpc) is 2.48. The molecule has 0 nitrogen and oxygen atoms in total. The van der Waals surface area contributed by atoms with Crippen LogP contribution in [0.3, 0.4) is 0 Å². The maximum atomic E-state index is 2.37. The van der Waals surface area contributed by atoms with Crippen LogP contribution in [-0.4, -0.2) is 0 Å². The minimum atomic E-state index is 0.759. The topological polar surface area (TPSA) is 0 Å². The second-order valence-corrected chi connectivity index (χ2v) is 5.04. The molecule has 16 heavy (non-hydrogen) atoms. The third kappa shape index (κ3) is 1.63. The normalized spacial score (nSPS) is 23.7. The van der Waals surface area contributed by atoms with E-state index in [2.05, 4.69) is 43.3 Å². The van der Waals surface area contributed by atoms with Crippen LogP contribution in [0.4, 0.5) is 0 Å². The standard InChI is InChI=1S/C16H18/c1-12-5-4-8-15-11-14-7-3-2-6-13(14)9-10-16(12)15/h2-4,6-8,12H,5,9-11H2,1H3. The molecule has 0 aromatic heterocycles. The SMILES string of the molecule is CC1CC=CC2=C1CCc1ccccc1C2. The molecule has 0 fully saturated rings. The van der Waals surface area contributed by atoms with Crippen LogP contribution in [0.1, 0.15) is 30.9 Å². The van der Waals surface area contributed by atoms with E-state index >= 15 is 0 Å². The Morgan fingerprint density at radius 3 is 2.75 bits per heavy atom. The van der Waals surface area contributed by atoms with Gasteiger partial charge in [-0.25, -0.2) is 0 Å². The van der Waals surface area contributed by atoms with Crippen LogP contribution in [0.5, 0.6) is 0 Å². The summed E-state index contributed by atoms with van der Waals surface area (Å²) < 4.78 is 0. The molecular formula is C16H18. The molecule has 1 unspecified atom stereocenters. The molecule has 1 aromatic rings. The van der Waals surface area contributed by atoms with Crippen molar-refractivity contribution in [2.45, 2.75) is 32.6 Å². The summed E-state index contributed by atoms with van der Waals surface area (Å²) in [7, 11) is 0. The number of hydrogen-bond donors (Lipinski definition) is 0. The molecule has 2 aliphatic carbocycles. The van der Waals surface area contributed by atoms with E-state index in [-0.39, 0.29) is 0 Å². The first kappa shape index (κ1) is 9.89. The zero-order valence-corrected chi connectivity index (χ0v) is 9.87. The Balaban J connectivity index is 2.02. The molecule has 0 spiro atoms. The van der Waals surface area contributed by atoms with Crippen molar-refractivity contribution in [3.05, 3.63) is 58.7 Å². The highest BCUT2D eigenvalue weighted by Crippen LogP contribution is 2.34. The van der Waals surface area contributed by atoms with Crippen molar-refractivity contribution in [2.75, 3.05) is 0 Å². The summed E-state index contributed by atoms with van der Waals surface area (Å²) in [5.41, 5.74) is 6.38. The summed E-state index contributed by atoms with van der Waals surface area (Å²) in [4.78, 5) is 0. The van der Waals surface area contributed by atoms with Crippen LogP contribution in [-0.2, 0) is 12.8 Å². The van der Waals surface area contributed by atoms with Gasteiger partial charge in [-0.1, -0.05) is 48.9 Å². The number of rotatable bonds is 0. The van der Waals surface area contributed by atoms with Crippen LogP contribution >= 0.6 is 0 Å². The largest absolute Gasteiger partial charge is 0.0837 e. The van der Waals surface area contributed by atoms with Gasteiger partial charge in [0, 0.05) is 0 Å². The maximum Gasteiger partial charge on any atom is -0.00235 e. The zero-order valence-electron chi connectivity index (χ0n) is 9.87. The Bertz CT molecular complexity index is 463. The van der Waals surface area contributed by atoms with E-state index in [4.69, 9.17) is 0 Å². The number of fused-ring (bicyclic) bond motifs is 1. The molecule has 0 aliphatic heterocycles. The Morgan fingerprint density at radius 1 is 1.06 bits per heavy atom. The lowest BCUT2D eigenvalue weighted by Crippen LogP contribution is -2.06. The number of hydrogen-bond acceptors (Lipinski definition) is 0. The van der Waals surface area contributed by atoms with E-state index in [0.29, 0.717) is 0 Å². The summed E-state index contributed by atoms with van der Waals surface area (Å²) in [5, 5.41) is 0. The molecule has 0 amide bonds. The van der Waals surface area contributed by atoms with Crippen LogP contribution in [0, 0.1) is 5.92 Å². The van der Waals surface area contributed by atoms with Crippen LogP contribution in [0.2, 0.25) is 0 Å². The monoisotopic (exact) mass is 210 g/mol. The first-order valence-corrected chi connectivity index (χ1v) is 6.30. The predicted molar refractivity (Wildman–Crippen MR) is 68.4 cm³/mol. The van der Waals surface area contributed by atoms with E-state index in [1.165, 1.54) is 24.8 Å². The summed E-state index contributed by atoms with van der Waals surface area (Å²) in [5.74, 6) is 0.759. The molecule has 0 bridgehead atoms. The first-order chi connectivity index (χ1) is 7.84. The first-order valence-electron chi connectivity index (χ1n) is 6.30. The van der Waals surface area contributed by atoms with E-state index in [0.717, 1.165) is 12.3 Å². The molecule has 0 heteroatoms. The van der Waals surface area contributed by atoms with E-state index < -0.39 is 0 Å². The number of allylic oxidation sites excluding steroid dienone is 4. The van der Waals surface area contributed by atoms with Crippen molar-refractivity contribution < 1.29 is 0 Å². The average molecular weight is 210 g/mol. The van der Waals surface area contributed by atoms with Gasteiger partial charge in [0.25, 0.3) is 0 Å². The zero-order chi connectivity index (χ0) is 11.0. The quantitative estimate of drug-likeness (QED) is 0.605. The van der Waals surface area contributed by atoms with Crippen molar-refractivity contribution >= 4 is 0 Å². The molecule has 0 N–H and O–H groups in total. The minimum Gasteiger partial charge on any atom is -0.0837 e. The van der Waals surface area contributed by atoms with Crippen LogP contribution in [0.15, 0.2) is 47.6 Å². The summed E-state index contributed by atoms with van der Waals surface area (Å²) >= 11 is 0. The lowest BCUT2D eigenvalue weighted by Gasteiger charge is -2.20. The maximum absolute atomic E-state index is 2.37. The van der Waals surface area contributed by atoms with E-state index in [1.807, 2.05) is 0 Å². The van der Waals surface area contributed by atoms with E-state index in [1.54, 1.807) is 16.7 Å². The fourth-order valence-corrected chi connectivity index (χ4v) is 3.01. The number of aryl methyl sites for hydroxylation is 1. The van der Waals surface area contributed by atoms with Gasteiger partial charge in [-0.05, 0) is 48.3 Å². The smallest absolute Gasteiger partial charge is 0.00235 e. The van der Waals surface area contributed by atoms with Gasteiger partial charge in [0.05, 0.1) is 0 Å². The third-order valence-electron chi connectivity index (χ3n) is 3.98. The molecule has 1 aromatic carbocycles. The molecular weight excluding hydrogens is 192 g/mol. The Hall–Kier alpha value is -1.30. The fourth-order valence-electron chi connectivity index (χ4n) is 3.01. The van der Waals surface area contributed by atoms with Gasteiger partial charge in [0.2, 0.25) is 0 Å². The van der Waals surface area contributed by atoms with Gasteiger partial charge in [-0.2, -0.15) is 0 Å². The lowest BCUT2D eigenvalue weighted by molar-refractivity contribution is 0.639. The fraction of sp³-hybridized carbons (Fsp3) is 0.375. The van der Waals surface area contributed by atoms with Gasteiger partial charge in [-0.15, -0.1) is 0 Å². The molecule has 3 rings (SSSR count). The van der Waals surface area contributed by atoms with Gasteiger partial charge >= 0.3 is 0 Å². The van der Waals surface area contributed by atoms with Crippen LogP contribution in [0.25, 0.3) is 0 Å². The molecule has 1 atom stereocenters. The van der Waals surface area contributed by atoms with Gasteiger partial charge in [0.15, 0.2) is 0 Å². The van der Waals surface area contributed by atoms with Crippen molar-refractivity contribution in [2.24, 2.45) is 5.92 Å². The Kier molecular flexibility index (Phi) is 2.43. The highest BCUT2D eigenvalue weighted by atomic mass is 14.2. The molecule has 0 saturated heterocycles. The summed E-state index contributed by atoms with van der Waals surface area (Å²) in [6.45, 7) is 2.37. The van der Waals surface area contributed by atoms with Gasteiger partial charge < -0.3 is 0 Å². The highest BCUT2D eigenvalue weighted by Gasteiger charge is 2.19. The summed E-state index contributed by atoms with van der Waals surface area (Å²) in [6, 6.07) is 8.92. The van der Waals surface area contributed by atoms with Crippen molar-refractivity contribution in [1.29, 1.82) is 0 Å². The Labute approximate surface area is 97.7 Å². The minimum absolute atomic E-state index is 0.759. The second-order valence-electron chi connectivity index (χ2n) is 5.04. The predicted octanol–water partition coefficient (Wildman–Crippen LogP) is 4.07. The van der Waals surface area contributed by atoms with Crippen molar-refractivity contribution in [1.82, 2.24) is 0 Å². The second kappa shape index (κ2) is 3.93. The van der Waals surface area contributed by atoms with Gasteiger partial charge in [0.1, 0.15) is 0 Å². The third-order valence-corrected chi connectivity index (χ3v) is 3.98. The molecule has 0 saturated carbocycles. The molecule has 82 valence electrons. The van der Waals surface area contributed by atoms with Crippen LogP contribution < -0.4 is 0 Å².